The van der Waals surface area contributed by atoms with Crippen LogP contribution in [0.5, 0.6) is 0 Å². The Morgan fingerprint density at radius 2 is 1.73 bits per heavy atom. The Balaban J connectivity index is 1.47. The summed E-state index contributed by atoms with van der Waals surface area (Å²) in [6.45, 7) is 15.0. The van der Waals surface area contributed by atoms with Crippen LogP contribution < -0.4 is 21.3 Å². The highest BCUT2D eigenvalue weighted by atomic mass is 32.2. The van der Waals surface area contributed by atoms with Gasteiger partial charge in [0.2, 0.25) is 27.6 Å². The number of hydrogen-bond donors (Lipinski definition) is 4. The minimum atomic E-state index is -3.89. The van der Waals surface area contributed by atoms with Gasteiger partial charge in [-0.3, -0.25) is 24.2 Å². The number of aromatic nitrogens is 1. The number of nitrogens with zero attached hydrogens (tertiary/aromatic N) is 3. The molecule has 15 heteroatoms. The third-order valence-electron chi connectivity index (χ3n) is 9.53. The van der Waals surface area contributed by atoms with Gasteiger partial charge in [0.25, 0.3) is 5.91 Å². The van der Waals surface area contributed by atoms with Gasteiger partial charge in [-0.25, -0.2) is 13.2 Å². The minimum Gasteiger partial charge on any atom is -0.346 e. The van der Waals surface area contributed by atoms with Crippen LogP contribution in [0.3, 0.4) is 0 Å². The molecule has 1 saturated heterocycles. The fraction of sp³-hybridized carbons (Fsp3) is 0.647. The van der Waals surface area contributed by atoms with Gasteiger partial charge in [0.05, 0.1) is 0 Å². The Morgan fingerprint density at radius 3 is 2.29 bits per heavy atom. The van der Waals surface area contributed by atoms with Crippen molar-refractivity contribution in [3.05, 3.63) is 37.2 Å². The van der Waals surface area contributed by atoms with Crippen molar-refractivity contribution in [3.8, 4) is 0 Å². The van der Waals surface area contributed by atoms with E-state index in [4.69, 9.17) is 0 Å². The molecule has 6 atom stereocenters. The summed E-state index contributed by atoms with van der Waals surface area (Å²) in [6, 6.07) is -1.19. The van der Waals surface area contributed by atoms with E-state index >= 15 is 0 Å². The first-order chi connectivity index (χ1) is 22.8. The van der Waals surface area contributed by atoms with Gasteiger partial charge in [0.15, 0.2) is 0 Å². The molecule has 0 spiro atoms. The van der Waals surface area contributed by atoms with E-state index in [9.17, 15) is 32.4 Å². The Labute approximate surface area is 289 Å². The van der Waals surface area contributed by atoms with Crippen molar-refractivity contribution in [1.82, 2.24) is 35.5 Å². The molecule has 4 N–H and O–H groups in total. The first-order valence-electron chi connectivity index (χ1n) is 16.7. The molecular weight excluding hydrogens is 650 g/mol. The smallest absolute Gasteiger partial charge is 0.315 e. The number of pyridine rings is 1. The zero-order valence-electron chi connectivity index (χ0n) is 29.5. The number of carbonyl (C=O) groups is 5. The molecule has 49 heavy (non-hydrogen) atoms. The number of nitrogens with one attached hydrogen (secondary N) is 4. The lowest BCUT2D eigenvalue weighted by atomic mass is 9.85. The van der Waals surface area contributed by atoms with Gasteiger partial charge in [-0.05, 0) is 60.0 Å². The first-order valence-corrected chi connectivity index (χ1v) is 18.2. The molecule has 0 aromatic carbocycles. The van der Waals surface area contributed by atoms with Crippen LogP contribution in [0.4, 0.5) is 4.79 Å². The molecule has 3 fully saturated rings. The topological polar surface area (TPSA) is 187 Å². The van der Waals surface area contributed by atoms with Crippen LogP contribution in [-0.4, -0.2) is 103 Å². The summed E-state index contributed by atoms with van der Waals surface area (Å²) >= 11 is 0. The standard InChI is InChI=1S/C34H51N7O7S/c1-9-14-36-30(44)27(42)25(20-12-13-20)38-29(43)26-23-16-21(23)18-41(26)31(45)28(34(5,6)7)39-32(46)37-24(33(2,3)4)19-40(8)49(47,48)22-11-10-15-35-17-22/h9-11,15,17,20-21,23-26,28H,1,12-14,16,18-19H2,2-8H3,(H,36,44)(H,38,43)(H2,37,39,46)/t21-,23-,24+,25+,26-,28+/m0/s1. The normalized spacial score (nSPS) is 22.3. The lowest BCUT2D eigenvalue weighted by Gasteiger charge is -2.38. The van der Waals surface area contributed by atoms with E-state index in [1.807, 2.05) is 20.8 Å². The highest BCUT2D eigenvalue weighted by Crippen LogP contribution is 2.50. The summed E-state index contributed by atoms with van der Waals surface area (Å²) < 4.78 is 27.6. The second-order valence-electron chi connectivity index (χ2n) is 15.6. The Morgan fingerprint density at radius 1 is 1.06 bits per heavy atom. The molecule has 2 heterocycles. The average Bonchev–Trinajstić information content (AvgIpc) is 3.97. The van der Waals surface area contributed by atoms with Crippen molar-refractivity contribution in [2.24, 2.45) is 28.6 Å². The SMILES string of the molecule is C=CCNC(=O)C(=O)[C@H](NC(=O)[C@@H]1[C@H]2C[C@H]2CN1C(=O)[C@@H](NC(=O)N[C@H](CN(C)S(=O)(=O)c1cccnc1)C(C)(C)C)C(C)(C)C)C1CC1. The highest BCUT2D eigenvalue weighted by Gasteiger charge is 2.59. The van der Waals surface area contributed by atoms with Gasteiger partial charge >= 0.3 is 6.03 Å². The first kappa shape index (κ1) is 38.0. The molecule has 1 aromatic heterocycles. The molecule has 2 saturated carbocycles. The monoisotopic (exact) mass is 701 g/mol. The van der Waals surface area contributed by atoms with Crippen molar-refractivity contribution < 1.29 is 32.4 Å². The number of ketones is 1. The molecule has 4 rings (SSSR count). The average molecular weight is 702 g/mol. The maximum Gasteiger partial charge on any atom is 0.315 e. The van der Waals surface area contributed by atoms with E-state index in [1.165, 1.54) is 42.6 Å². The van der Waals surface area contributed by atoms with E-state index in [0.29, 0.717) is 19.4 Å². The summed E-state index contributed by atoms with van der Waals surface area (Å²) in [5.74, 6) is -2.53. The molecule has 0 unspecified atom stereocenters. The maximum atomic E-state index is 14.2. The zero-order valence-corrected chi connectivity index (χ0v) is 30.3. The second-order valence-corrected chi connectivity index (χ2v) is 17.6. The molecule has 2 aliphatic carbocycles. The molecule has 0 radical (unpaired) electrons. The molecular formula is C34H51N7O7S. The molecule has 1 aromatic rings. The number of urea groups is 1. The van der Waals surface area contributed by atoms with E-state index < -0.39 is 74.6 Å². The second kappa shape index (κ2) is 14.6. The number of amides is 5. The summed E-state index contributed by atoms with van der Waals surface area (Å²) in [7, 11) is -2.46. The number of Topliss-reactive ketones (excluding diaryl/α,β-unsaturated/α-hetero) is 1. The molecule has 270 valence electrons. The number of rotatable bonds is 14. The number of carbonyl (C=O) groups excluding carboxylic acids is 5. The quantitative estimate of drug-likeness (QED) is 0.166. The predicted molar refractivity (Wildman–Crippen MR) is 182 cm³/mol. The van der Waals surface area contributed by atoms with Crippen molar-refractivity contribution in [2.45, 2.75) is 89.9 Å². The van der Waals surface area contributed by atoms with Gasteiger partial charge in [-0.15, -0.1) is 6.58 Å². The van der Waals surface area contributed by atoms with Gasteiger partial charge in [-0.1, -0.05) is 47.6 Å². The predicted octanol–water partition coefficient (Wildman–Crippen LogP) is 1.44. The van der Waals surface area contributed by atoms with Crippen LogP contribution in [0.1, 0.15) is 60.8 Å². The number of piperidine rings is 1. The number of sulfonamides is 1. The van der Waals surface area contributed by atoms with Crippen molar-refractivity contribution in [1.29, 1.82) is 0 Å². The van der Waals surface area contributed by atoms with Gasteiger partial charge in [0, 0.05) is 45.1 Å². The fourth-order valence-corrected chi connectivity index (χ4v) is 7.35. The van der Waals surface area contributed by atoms with Gasteiger partial charge < -0.3 is 26.2 Å². The van der Waals surface area contributed by atoms with E-state index in [0.717, 1.165) is 10.7 Å². The van der Waals surface area contributed by atoms with E-state index in [-0.39, 0.29) is 35.7 Å². The summed E-state index contributed by atoms with van der Waals surface area (Å²) in [6.07, 6.45) is 6.38. The van der Waals surface area contributed by atoms with Crippen LogP contribution in [-0.2, 0) is 29.2 Å². The Bertz CT molecular complexity index is 1550. The summed E-state index contributed by atoms with van der Waals surface area (Å²) in [4.78, 5) is 72.4. The third kappa shape index (κ3) is 9.04. The molecule has 14 nitrogen and oxygen atoms in total. The van der Waals surface area contributed by atoms with Crippen LogP contribution in [0.25, 0.3) is 0 Å². The van der Waals surface area contributed by atoms with E-state index in [1.54, 1.807) is 20.8 Å². The van der Waals surface area contributed by atoms with Crippen LogP contribution >= 0.6 is 0 Å². The third-order valence-corrected chi connectivity index (χ3v) is 11.3. The molecule has 1 aliphatic heterocycles. The number of likely N-dealkylation sites (tertiary alicyclic amines) is 1. The molecule has 3 aliphatic rings. The molecule has 0 bridgehead atoms. The minimum absolute atomic E-state index is 0.0269. The molecule has 5 amide bonds. The summed E-state index contributed by atoms with van der Waals surface area (Å²) in [5.41, 5.74) is -1.34. The number of likely N-dealkylation sites (N-methyl/N-ethyl adjacent to an activating group) is 1. The van der Waals surface area contributed by atoms with Crippen molar-refractivity contribution >= 4 is 39.6 Å². The lowest BCUT2D eigenvalue weighted by Crippen LogP contribution is -2.62. The van der Waals surface area contributed by atoms with Gasteiger partial charge in [0.1, 0.15) is 23.0 Å². The number of fused-ring (bicyclic) bond motifs is 1. The number of hydrogen-bond acceptors (Lipinski definition) is 8. The zero-order chi connectivity index (χ0) is 36.5. The summed E-state index contributed by atoms with van der Waals surface area (Å²) in [5, 5.41) is 11.0. The van der Waals surface area contributed by atoms with E-state index in [2.05, 4.69) is 32.8 Å². The van der Waals surface area contributed by atoms with Gasteiger partial charge in [-0.2, -0.15) is 4.31 Å². The van der Waals surface area contributed by atoms with Crippen molar-refractivity contribution in [2.75, 3.05) is 26.7 Å². The van der Waals surface area contributed by atoms with Crippen molar-refractivity contribution in [3.63, 3.8) is 0 Å². The lowest BCUT2D eigenvalue weighted by molar-refractivity contribution is -0.144. The Kier molecular flexibility index (Phi) is 11.3. The van der Waals surface area contributed by atoms with Crippen LogP contribution in [0.15, 0.2) is 42.1 Å². The maximum absolute atomic E-state index is 14.2. The Hall–Kier alpha value is -3.85. The fourth-order valence-electron chi connectivity index (χ4n) is 6.20. The van der Waals surface area contributed by atoms with Crippen LogP contribution in [0.2, 0.25) is 0 Å². The largest absolute Gasteiger partial charge is 0.346 e. The van der Waals surface area contributed by atoms with Crippen LogP contribution in [0, 0.1) is 28.6 Å². The highest BCUT2D eigenvalue weighted by molar-refractivity contribution is 7.89.